The molecule has 1 aromatic carbocycles. The summed E-state index contributed by atoms with van der Waals surface area (Å²) in [6.07, 6.45) is 6.49. The number of carbonyl (C=O) groups is 1. The van der Waals surface area contributed by atoms with E-state index in [-0.39, 0.29) is 5.91 Å². The summed E-state index contributed by atoms with van der Waals surface area (Å²) in [4.78, 5) is 16.7. The maximum absolute atomic E-state index is 12.1. The molecule has 1 N–H and O–H groups in total. The maximum Gasteiger partial charge on any atom is 0.226 e. The Balaban J connectivity index is 1.43. The minimum Gasteiger partial charge on any atom is -0.493 e. The van der Waals surface area contributed by atoms with Gasteiger partial charge < -0.3 is 10.1 Å². The second kappa shape index (κ2) is 6.32. The number of rotatable bonds is 4. The van der Waals surface area contributed by atoms with Gasteiger partial charge in [0, 0.05) is 23.8 Å². The van der Waals surface area contributed by atoms with Crippen molar-refractivity contribution in [3.8, 4) is 17.0 Å². The number of fused-ring (bicyclic) bond motifs is 1. The molecule has 1 amide bonds. The number of nitrogens with one attached hydrogen (secondary N) is 1. The molecule has 0 unspecified atom stereocenters. The summed E-state index contributed by atoms with van der Waals surface area (Å²) in [6.45, 7) is 0.762. The van der Waals surface area contributed by atoms with E-state index in [2.05, 4.69) is 16.4 Å². The lowest BCUT2D eigenvalue weighted by Gasteiger charge is -2.07. The highest BCUT2D eigenvalue weighted by atomic mass is 32.1. The zero-order valence-electron chi connectivity index (χ0n) is 13.0. The van der Waals surface area contributed by atoms with Crippen LogP contribution in [0.15, 0.2) is 23.6 Å². The van der Waals surface area contributed by atoms with Crippen molar-refractivity contribution in [3.05, 3.63) is 29.1 Å². The first-order valence-electron chi connectivity index (χ1n) is 8.29. The van der Waals surface area contributed by atoms with Gasteiger partial charge in [-0.15, -0.1) is 11.3 Å². The summed E-state index contributed by atoms with van der Waals surface area (Å²) >= 11 is 1.49. The fourth-order valence-corrected chi connectivity index (χ4v) is 4.19. The zero-order chi connectivity index (χ0) is 15.6. The number of hydrogen-bond donors (Lipinski definition) is 1. The van der Waals surface area contributed by atoms with Crippen LogP contribution in [0.3, 0.4) is 0 Å². The van der Waals surface area contributed by atoms with Gasteiger partial charge in [0.25, 0.3) is 0 Å². The first-order chi connectivity index (χ1) is 11.3. The van der Waals surface area contributed by atoms with Gasteiger partial charge in [0.2, 0.25) is 5.91 Å². The van der Waals surface area contributed by atoms with Crippen LogP contribution in [0.5, 0.6) is 5.75 Å². The lowest BCUT2D eigenvalue weighted by atomic mass is 10.0. The number of amides is 1. The molecule has 1 aliphatic carbocycles. The molecule has 1 aromatic heterocycles. The maximum atomic E-state index is 12.1. The van der Waals surface area contributed by atoms with E-state index in [0.29, 0.717) is 17.5 Å². The van der Waals surface area contributed by atoms with Gasteiger partial charge in [0.15, 0.2) is 5.13 Å². The Morgan fingerprint density at radius 2 is 2.22 bits per heavy atom. The fourth-order valence-electron chi connectivity index (χ4n) is 3.46. The minimum absolute atomic E-state index is 0.0974. The largest absolute Gasteiger partial charge is 0.493 e. The van der Waals surface area contributed by atoms with Crippen LogP contribution in [-0.2, 0) is 11.2 Å². The van der Waals surface area contributed by atoms with Gasteiger partial charge in [-0.05, 0) is 42.5 Å². The SMILES string of the molecule is O=C(CC1CCCC1)Nc1nc(-c2ccc3c(c2)CCO3)cs1. The summed E-state index contributed by atoms with van der Waals surface area (Å²) in [6, 6.07) is 6.18. The molecule has 0 bridgehead atoms. The third kappa shape index (κ3) is 3.24. The van der Waals surface area contributed by atoms with E-state index in [9.17, 15) is 4.79 Å². The van der Waals surface area contributed by atoms with E-state index in [1.807, 2.05) is 17.5 Å². The molecule has 0 saturated heterocycles. The van der Waals surface area contributed by atoms with E-state index in [1.165, 1.54) is 42.6 Å². The van der Waals surface area contributed by atoms with Crippen LogP contribution in [0.1, 0.15) is 37.7 Å². The summed E-state index contributed by atoms with van der Waals surface area (Å²) in [7, 11) is 0. The van der Waals surface area contributed by atoms with Gasteiger partial charge >= 0.3 is 0 Å². The molecule has 1 saturated carbocycles. The topological polar surface area (TPSA) is 51.2 Å². The van der Waals surface area contributed by atoms with Crippen LogP contribution in [0.2, 0.25) is 0 Å². The smallest absolute Gasteiger partial charge is 0.226 e. The molecular formula is C18H20N2O2S. The van der Waals surface area contributed by atoms with E-state index in [4.69, 9.17) is 4.74 Å². The Labute approximate surface area is 139 Å². The highest BCUT2D eigenvalue weighted by Crippen LogP contribution is 2.32. The van der Waals surface area contributed by atoms with Gasteiger partial charge in [0.05, 0.1) is 12.3 Å². The number of aromatic nitrogens is 1. The Morgan fingerprint density at radius 3 is 3.09 bits per heavy atom. The fraction of sp³-hybridized carbons (Fsp3) is 0.444. The van der Waals surface area contributed by atoms with Crippen LogP contribution >= 0.6 is 11.3 Å². The lowest BCUT2D eigenvalue weighted by Crippen LogP contribution is -2.14. The number of hydrogen-bond acceptors (Lipinski definition) is 4. The monoisotopic (exact) mass is 328 g/mol. The van der Waals surface area contributed by atoms with Crippen molar-refractivity contribution in [2.45, 2.75) is 38.5 Å². The van der Waals surface area contributed by atoms with Crippen LogP contribution in [0.25, 0.3) is 11.3 Å². The zero-order valence-corrected chi connectivity index (χ0v) is 13.8. The Morgan fingerprint density at radius 1 is 1.35 bits per heavy atom. The Hall–Kier alpha value is -1.88. The second-order valence-electron chi connectivity index (χ2n) is 6.36. The third-order valence-electron chi connectivity index (χ3n) is 4.68. The number of thiazole rings is 1. The van der Waals surface area contributed by atoms with Gasteiger partial charge in [-0.2, -0.15) is 0 Å². The number of benzene rings is 1. The standard InChI is InChI=1S/C18H20N2O2S/c21-17(9-12-3-1-2-4-12)20-18-19-15(11-23-18)13-5-6-16-14(10-13)7-8-22-16/h5-6,10-12H,1-4,7-9H2,(H,19,20,21). The summed E-state index contributed by atoms with van der Waals surface area (Å²) < 4.78 is 5.54. The van der Waals surface area contributed by atoms with Crippen LogP contribution in [-0.4, -0.2) is 17.5 Å². The third-order valence-corrected chi connectivity index (χ3v) is 5.44. The number of nitrogens with zero attached hydrogens (tertiary/aromatic N) is 1. The summed E-state index contributed by atoms with van der Waals surface area (Å²) in [5.41, 5.74) is 3.24. The van der Waals surface area contributed by atoms with Crippen molar-refractivity contribution in [3.63, 3.8) is 0 Å². The average molecular weight is 328 g/mol. The van der Waals surface area contributed by atoms with Gasteiger partial charge in [-0.25, -0.2) is 4.98 Å². The number of ether oxygens (including phenoxy) is 1. The predicted molar refractivity (Wildman–Crippen MR) is 92.0 cm³/mol. The van der Waals surface area contributed by atoms with Gasteiger partial charge in [0.1, 0.15) is 5.75 Å². The van der Waals surface area contributed by atoms with Crippen molar-refractivity contribution < 1.29 is 9.53 Å². The van der Waals surface area contributed by atoms with Crippen molar-refractivity contribution in [1.29, 1.82) is 0 Å². The first-order valence-corrected chi connectivity index (χ1v) is 9.17. The Bertz CT molecular complexity index is 720. The molecule has 0 spiro atoms. The van der Waals surface area contributed by atoms with Crippen molar-refractivity contribution in [1.82, 2.24) is 4.98 Å². The first kappa shape index (κ1) is 14.7. The molecule has 2 aromatic rings. The molecule has 4 nitrogen and oxygen atoms in total. The van der Waals surface area contributed by atoms with E-state index < -0.39 is 0 Å². The Kier molecular flexibility index (Phi) is 4.04. The number of carbonyl (C=O) groups excluding carboxylic acids is 1. The molecule has 1 fully saturated rings. The van der Waals surface area contributed by atoms with Gasteiger partial charge in [-0.1, -0.05) is 12.8 Å². The number of anilines is 1. The van der Waals surface area contributed by atoms with Crippen molar-refractivity contribution in [2.24, 2.45) is 5.92 Å². The summed E-state index contributed by atoms with van der Waals surface area (Å²) in [5, 5.41) is 5.65. The second-order valence-corrected chi connectivity index (χ2v) is 7.22. The van der Waals surface area contributed by atoms with Crippen molar-refractivity contribution >= 4 is 22.4 Å². The molecule has 5 heteroatoms. The van der Waals surface area contributed by atoms with Crippen LogP contribution < -0.4 is 10.1 Å². The highest BCUT2D eigenvalue weighted by molar-refractivity contribution is 7.14. The minimum atomic E-state index is 0.0974. The molecule has 2 heterocycles. The molecule has 4 rings (SSSR count). The molecule has 0 atom stereocenters. The molecule has 120 valence electrons. The highest BCUT2D eigenvalue weighted by Gasteiger charge is 2.19. The van der Waals surface area contributed by atoms with E-state index >= 15 is 0 Å². The molecule has 1 aliphatic heterocycles. The van der Waals surface area contributed by atoms with Crippen molar-refractivity contribution in [2.75, 3.05) is 11.9 Å². The average Bonchev–Trinajstić information content (AvgIpc) is 3.27. The molecule has 0 radical (unpaired) electrons. The normalized spacial score (nSPS) is 17.0. The molecular weight excluding hydrogens is 308 g/mol. The molecule has 23 heavy (non-hydrogen) atoms. The molecule has 2 aliphatic rings. The van der Waals surface area contributed by atoms with Crippen LogP contribution in [0.4, 0.5) is 5.13 Å². The van der Waals surface area contributed by atoms with Gasteiger partial charge in [-0.3, -0.25) is 4.79 Å². The lowest BCUT2D eigenvalue weighted by molar-refractivity contribution is -0.117. The quantitative estimate of drug-likeness (QED) is 0.912. The van der Waals surface area contributed by atoms with Crippen LogP contribution in [0, 0.1) is 5.92 Å². The van der Waals surface area contributed by atoms with E-state index in [0.717, 1.165) is 30.0 Å². The predicted octanol–water partition coefficient (Wildman–Crippen LogP) is 4.26. The summed E-state index contributed by atoms with van der Waals surface area (Å²) in [5.74, 6) is 1.64. The van der Waals surface area contributed by atoms with E-state index in [1.54, 1.807) is 0 Å².